The second kappa shape index (κ2) is 9.30. The Morgan fingerprint density at radius 2 is 1.90 bits per heavy atom. The molecule has 1 unspecified atom stereocenters. The van der Waals surface area contributed by atoms with Crippen molar-refractivity contribution in [2.24, 2.45) is 0 Å². The fraction of sp³-hybridized carbons (Fsp3) is 0.786. The van der Waals surface area contributed by atoms with Gasteiger partial charge in [0.2, 0.25) is 5.91 Å². The summed E-state index contributed by atoms with van der Waals surface area (Å²) < 4.78 is 0. The molecular weight excluding hydrogens is 256 g/mol. The van der Waals surface area contributed by atoms with Crippen LogP contribution in [0.25, 0.3) is 0 Å². The van der Waals surface area contributed by atoms with Gasteiger partial charge in [-0.2, -0.15) is 10.5 Å². The van der Waals surface area contributed by atoms with Crippen LogP contribution in [0.4, 0.5) is 0 Å². The molecule has 0 spiro atoms. The Balaban J connectivity index is 2.55. The Morgan fingerprint density at radius 3 is 2.45 bits per heavy atom. The van der Waals surface area contributed by atoms with Crippen LogP contribution in [0.3, 0.4) is 0 Å². The van der Waals surface area contributed by atoms with Crippen molar-refractivity contribution >= 4 is 5.91 Å². The van der Waals surface area contributed by atoms with Crippen molar-refractivity contribution in [2.75, 3.05) is 32.8 Å². The van der Waals surface area contributed by atoms with Crippen molar-refractivity contribution in [3.63, 3.8) is 0 Å². The van der Waals surface area contributed by atoms with Gasteiger partial charge in [0.05, 0.1) is 38.1 Å². The van der Waals surface area contributed by atoms with E-state index in [0.717, 1.165) is 25.8 Å². The van der Waals surface area contributed by atoms with Crippen LogP contribution in [0.15, 0.2) is 0 Å². The van der Waals surface area contributed by atoms with Gasteiger partial charge in [-0.1, -0.05) is 6.42 Å². The number of piperidine rings is 1. The zero-order valence-corrected chi connectivity index (χ0v) is 11.8. The third-order valence-corrected chi connectivity index (χ3v) is 3.64. The zero-order chi connectivity index (χ0) is 14.8. The number of carbonyl (C=O) groups excluding carboxylic acids is 1. The molecule has 20 heavy (non-hydrogen) atoms. The highest BCUT2D eigenvalue weighted by atomic mass is 16.3. The molecular formula is C14H22N4O2. The SMILES string of the molecule is N#CCCN(CCC#N)C(=O)CN1CCCCC1CO. The van der Waals surface area contributed by atoms with Crippen molar-refractivity contribution in [2.45, 2.75) is 38.1 Å². The number of nitrogens with zero attached hydrogens (tertiary/aromatic N) is 4. The average Bonchev–Trinajstić information content (AvgIpc) is 2.47. The summed E-state index contributed by atoms with van der Waals surface area (Å²) in [5.74, 6) is -0.0594. The number of carbonyl (C=O) groups is 1. The first kappa shape index (κ1) is 16.4. The normalized spacial score (nSPS) is 19.1. The summed E-state index contributed by atoms with van der Waals surface area (Å²) in [6, 6.07) is 4.10. The lowest BCUT2D eigenvalue weighted by molar-refractivity contribution is -0.133. The van der Waals surface area contributed by atoms with Gasteiger partial charge in [0, 0.05) is 19.1 Å². The van der Waals surface area contributed by atoms with Crippen LogP contribution in [0, 0.1) is 22.7 Å². The number of nitriles is 2. The van der Waals surface area contributed by atoms with Crippen LogP contribution in [-0.2, 0) is 4.79 Å². The maximum absolute atomic E-state index is 12.3. The van der Waals surface area contributed by atoms with E-state index in [0.29, 0.717) is 13.1 Å². The monoisotopic (exact) mass is 278 g/mol. The second-order valence-corrected chi connectivity index (χ2v) is 5.00. The molecule has 6 heteroatoms. The molecule has 1 N–H and O–H groups in total. The Bertz CT molecular complexity index is 368. The van der Waals surface area contributed by atoms with E-state index in [1.807, 2.05) is 17.0 Å². The van der Waals surface area contributed by atoms with Crippen LogP contribution < -0.4 is 0 Å². The molecule has 110 valence electrons. The van der Waals surface area contributed by atoms with Crippen molar-refractivity contribution in [1.29, 1.82) is 10.5 Å². The summed E-state index contributed by atoms with van der Waals surface area (Å²) in [6.07, 6.45) is 3.60. The first-order chi connectivity index (χ1) is 9.72. The van der Waals surface area contributed by atoms with E-state index in [9.17, 15) is 9.90 Å². The van der Waals surface area contributed by atoms with Crippen LogP contribution >= 0.6 is 0 Å². The summed E-state index contributed by atoms with van der Waals surface area (Å²) in [5.41, 5.74) is 0. The van der Waals surface area contributed by atoms with Crippen molar-refractivity contribution in [1.82, 2.24) is 9.80 Å². The van der Waals surface area contributed by atoms with Crippen molar-refractivity contribution in [3.05, 3.63) is 0 Å². The number of rotatable bonds is 7. The molecule has 1 rings (SSSR count). The molecule has 1 amide bonds. The fourth-order valence-electron chi connectivity index (χ4n) is 2.48. The average molecular weight is 278 g/mol. The van der Waals surface area contributed by atoms with Gasteiger partial charge in [-0.15, -0.1) is 0 Å². The van der Waals surface area contributed by atoms with Crippen LogP contribution in [-0.4, -0.2) is 59.6 Å². The Morgan fingerprint density at radius 1 is 1.25 bits per heavy atom. The Labute approximate surface area is 120 Å². The van der Waals surface area contributed by atoms with Gasteiger partial charge in [-0.05, 0) is 19.4 Å². The minimum absolute atomic E-state index is 0.0569. The molecule has 1 aliphatic heterocycles. The zero-order valence-electron chi connectivity index (χ0n) is 11.8. The predicted octanol–water partition coefficient (Wildman–Crippen LogP) is 0.489. The number of amides is 1. The summed E-state index contributed by atoms with van der Waals surface area (Å²) >= 11 is 0. The molecule has 0 bridgehead atoms. The summed E-state index contributed by atoms with van der Waals surface area (Å²) in [4.78, 5) is 15.9. The van der Waals surface area contributed by atoms with E-state index < -0.39 is 0 Å². The molecule has 0 aliphatic carbocycles. The van der Waals surface area contributed by atoms with Gasteiger partial charge in [0.1, 0.15) is 0 Å². The molecule has 1 heterocycles. The molecule has 0 aromatic heterocycles. The quantitative estimate of drug-likeness (QED) is 0.731. The number of hydrogen-bond acceptors (Lipinski definition) is 5. The summed E-state index contributed by atoms with van der Waals surface area (Å²) in [5, 5.41) is 26.6. The highest BCUT2D eigenvalue weighted by Gasteiger charge is 2.25. The summed E-state index contributed by atoms with van der Waals surface area (Å²) in [7, 11) is 0. The van der Waals surface area contributed by atoms with E-state index in [4.69, 9.17) is 10.5 Å². The highest BCUT2D eigenvalue weighted by molar-refractivity contribution is 5.78. The molecule has 1 aliphatic rings. The number of aliphatic hydroxyl groups is 1. The predicted molar refractivity (Wildman–Crippen MR) is 73.3 cm³/mol. The molecule has 0 radical (unpaired) electrons. The van der Waals surface area contributed by atoms with E-state index in [-0.39, 0.29) is 37.9 Å². The number of hydrogen-bond donors (Lipinski definition) is 1. The maximum atomic E-state index is 12.3. The lowest BCUT2D eigenvalue weighted by Gasteiger charge is -2.35. The first-order valence-electron chi connectivity index (χ1n) is 7.09. The van der Waals surface area contributed by atoms with Gasteiger partial charge >= 0.3 is 0 Å². The third kappa shape index (κ3) is 5.16. The summed E-state index contributed by atoms with van der Waals surface area (Å²) in [6.45, 7) is 1.90. The van der Waals surface area contributed by atoms with Crippen molar-refractivity contribution < 1.29 is 9.90 Å². The minimum Gasteiger partial charge on any atom is -0.395 e. The first-order valence-corrected chi connectivity index (χ1v) is 7.09. The van der Waals surface area contributed by atoms with Gasteiger partial charge in [-0.3, -0.25) is 9.69 Å². The lowest BCUT2D eigenvalue weighted by atomic mass is 10.0. The van der Waals surface area contributed by atoms with E-state index in [1.54, 1.807) is 4.90 Å². The molecule has 0 aromatic carbocycles. The fourth-order valence-corrected chi connectivity index (χ4v) is 2.48. The lowest BCUT2D eigenvalue weighted by Crippen LogP contribution is -2.48. The largest absolute Gasteiger partial charge is 0.395 e. The Hall–Kier alpha value is -1.63. The molecule has 1 fully saturated rings. The topological polar surface area (TPSA) is 91.4 Å². The number of aliphatic hydroxyl groups excluding tert-OH is 1. The second-order valence-electron chi connectivity index (χ2n) is 5.00. The standard InChI is InChI=1S/C14H22N4O2/c15-6-3-9-17(10-4-7-16)14(20)11-18-8-2-1-5-13(18)12-19/h13,19H,1-5,8-12H2. The van der Waals surface area contributed by atoms with Gasteiger partial charge in [0.25, 0.3) is 0 Å². The van der Waals surface area contributed by atoms with E-state index in [2.05, 4.69) is 0 Å². The van der Waals surface area contributed by atoms with Gasteiger partial charge in [0.15, 0.2) is 0 Å². The van der Waals surface area contributed by atoms with Gasteiger partial charge < -0.3 is 10.0 Å². The van der Waals surface area contributed by atoms with E-state index in [1.165, 1.54) is 0 Å². The van der Waals surface area contributed by atoms with Gasteiger partial charge in [-0.25, -0.2) is 0 Å². The van der Waals surface area contributed by atoms with Crippen molar-refractivity contribution in [3.8, 4) is 12.1 Å². The van der Waals surface area contributed by atoms with Crippen LogP contribution in [0.2, 0.25) is 0 Å². The van der Waals surface area contributed by atoms with E-state index >= 15 is 0 Å². The molecule has 6 nitrogen and oxygen atoms in total. The minimum atomic E-state index is -0.0594. The highest BCUT2D eigenvalue weighted by Crippen LogP contribution is 2.16. The Kier molecular flexibility index (Phi) is 7.64. The van der Waals surface area contributed by atoms with Crippen LogP contribution in [0.5, 0.6) is 0 Å². The maximum Gasteiger partial charge on any atom is 0.236 e. The third-order valence-electron chi connectivity index (χ3n) is 3.64. The molecule has 1 atom stereocenters. The smallest absolute Gasteiger partial charge is 0.236 e. The van der Waals surface area contributed by atoms with Crippen LogP contribution in [0.1, 0.15) is 32.1 Å². The number of likely N-dealkylation sites (tertiary alicyclic amines) is 1. The molecule has 0 saturated carbocycles. The molecule has 1 saturated heterocycles. The molecule has 0 aromatic rings.